The third kappa shape index (κ3) is 5.37. The number of hydrogen-bond donors (Lipinski definition) is 2. The van der Waals surface area contributed by atoms with Gasteiger partial charge in [-0.2, -0.15) is 0 Å². The number of nitrogens with one attached hydrogen (secondary N) is 2. The minimum absolute atomic E-state index is 0.0134. The van der Waals surface area contributed by atoms with Gasteiger partial charge in [0.2, 0.25) is 5.91 Å². The molecule has 2 N–H and O–H groups in total. The van der Waals surface area contributed by atoms with Gasteiger partial charge in [-0.25, -0.2) is 4.39 Å². The van der Waals surface area contributed by atoms with Gasteiger partial charge in [0, 0.05) is 32.7 Å². The summed E-state index contributed by atoms with van der Waals surface area (Å²) in [5, 5.41) is 5.69. The number of anilines is 2. The molecule has 4 rings (SSSR count). The molecule has 8 heteroatoms. The Labute approximate surface area is 187 Å². The van der Waals surface area contributed by atoms with E-state index in [-0.39, 0.29) is 24.1 Å². The summed E-state index contributed by atoms with van der Waals surface area (Å²) in [6.45, 7) is 6.61. The number of rotatable bonds is 7. The van der Waals surface area contributed by atoms with Gasteiger partial charge in [0.1, 0.15) is 11.6 Å². The van der Waals surface area contributed by atoms with Crippen molar-refractivity contribution in [2.75, 3.05) is 49.5 Å². The molecule has 1 unspecified atom stereocenters. The molecule has 0 saturated carbocycles. The Balaban J connectivity index is 1.14. The molecule has 2 aromatic carbocycles. The van der Waals surface area contributed by atoms with E-state index >= 15 is 0 Å². The van der Waals surface area contributed by atoms with Crippen LogP contribution < -0.4 is 20.3 Å². The highest BCUT2D eigenvalue weighted by Gasteiger charge is 2.29. The number of nitrogens with zero attached hydrogens (tertiary/aromatic N) is 2. The molecule has 1 fully saturated rings. The second-order valence-corrected chi connectivity index (χ2v) is 8.28. The quantitative estimate of drug-likeness (QED) is 0.648. The van der Waals surface area contributed by atoms with Crippen LogP contribution in [0, 0.1) is 12.7 Å². The number of carbonyl (C=O) groups is 2. The Morgan fingerprint density at radius 1 is 1.19 bits per heavy atom. The van der Waals surface area contributed by atoms with Crippen LogP contribution in [0.5, 0.6) is 5.75 Å². The normalized spacial score (nSPS) is 18.5. The van der Waals surface area contributed by atoms with Crippen molar-refractivity contribution < 1.29 is 18.7 Å². The van der Waals surface area contributed by atoms with E-state index in [1.807, 2.05) is 31.2 Å². The monoisotopic (exact) mass is 440 g/mol. The van der Waals surface area contributed by atoms with Crippen LogP contribution in [0.15, 0.2) is 42.5 Å². The number of ether oxygens (including phenoxy) is 1. The van der Waals surface area contributed by atoms with Gasteiger partial charge in [0.25, 0.3) is 5.91 Å². The first-order valence-corrected chi connectivity index (χ1v) is 11.1. The molecule has 0 bridgehead atoms. The molecular formula is C24H29FN4O3. The first-order valence-electron chi connectivity index (χ1n) is 11.1. The molecule has 0 spiro atoms. The Hall–Kier alpha value is -3.13. The average molecular weight is 441 g/mol. The van der Waals surface area contributed by atoms with Crippen molar-refractivity contribution in [1.29, 1.82) is 0 Å². The van der Waals surface area contributed by atoms with E-state index in [0.717, 1.165) is 44.7 Å². The first kappa shape index (κ1) is 22.1. The summed E-state index contributed by atoms with van der Waals surface area (Å²) >= 11 is 0. The number of fused-ring (bicyclic) bond motifs is 1. The van der Waals surface area contributed by atoms with E-state index in [4.69, 9.17) is 4.74 Å². The predicted octanol–water partition coefficient (Wildman–Crippen LogP) is 2.55. The fraction of sp³-hybridized carbons (Fsp3) is 0.417. The lowest BCUT2D eigenvalue weighted by Gasteiger charge is -2.36. The molecular weight excluding hydrogens is 411 g/mol. The summed E-state index contributed by atoms with van der Waals surface area (Å²) in [5.41, 5.74) is 2.32. The van der Waals surface area contributed by atoms with Crippen molar-refractivity contribution in [3.63, 3.8) is 0 Å². The van der Waals surface area contributed by atoms with E-state index < -0.39 is 6.10 Å². The zero-order valence-electron chi connectivity index (χ0n) is 18.3. The highest BCUT2D eigenvalue weighted by Crippen LogP contribution is 2.31. The molecule has 2 heterocycles. The second-order valence-electron chi connectivity index (χ2n) is 8.28. The lowest BCUT2D eigenvalue weighted by atomic mass is 10.1. The number of hydrogen-bond acceptors (Lipinski definition) is 5. The summed E-state index contributed by atoms with van der Waals surface area (Å²) in [7, 11) is 0. The lowest BCUT2D eigenvalue weighted by molar-refractivity contribution is -0.130. The van der Waals surface area contributed by atoms with E-state index in [1.165, 1.54) is 6.07 Å². The van der Waals surface area contributed by atoms with Crippen LogP contribution in [0.4, 0.5) is 15.8 Å². The fourth-order valence-corrected chi connectivity index (χ4v) is 4.09. The zero-order valence-corrected chi connectivity index (χ0v) is 18.3. The van der Waals surface area contributed by atoms with Gasteiger partial charge in [-0.1, -0.05) is 18.2 Å². The molecule has 2 amide bonds. The second kappa shape index (κ2) is 9.99. The smallest absolute Gasteiger partial charge is 0.266 e. The van der Waals surface area contributed by atoms with Gasteiger partial charge in [-0.3, -0.25) is 14.5 Å². The lowest BCUT2D eigenvalue weighted by Crippen LogP contribution is -2.47. The fourth-order valence-electron chi connectivity index (χ4n) is 4.09. The minimum Gasteiger partial charge on any atom is -0.478 e. The van der Waals surface area contributed by atoms with E-state index in [9.17, 15) is 14.0 Å². The summed E-state index contributed by atoms with van der Waals surface area (Å²) < 4.78 is 19.7. The Morgan fingerprint density at radius 2 is 1.97 bits per heavy atom. The van der Waals surface area contributed by atoms with Crippen LogP contribution in [0.25, 0.3) is 0 Å². The van der Waals surface area contributed by atoms with E-state index in [0.29, 0.717) is 23.7 Å². The molecule has 2 aromatic rings. The van der Waals surface area contributed by atoms with Crippen molar-refractivity contribution >= 4 is 23.2 Å². The number of amides is 2. The number of piperazine rings is 1. The van der Waals surface area contributed by atoms with Gasteiger partial charge in [0.05, 0.1) is 17.8 Å². The SMILES string of the molecule is Cc1ccc2c(c1)NC(=O)C(CC(=O)NCCCN1CCN(c3ccccc3F)CC1)O2. The molecule has 7 nitrogen and oxygen atoms in total. The van der Waals surface area contributed by atoms with Gasteiger partial charge >= 0.3 is 0 Å². The van der Waals surface area contributed by atoms with Crippen molar-refractivity contribution in [3.8, 4) is 5.75 Å². The molecule has 170 valence electrons. The highest BCUT2D eigenvalue weighted by atomic mass is 19.1. The van der Waals surface area contributed by atoms with Gasteiger partial charge < -0.3 is 20.3 Å². The van der Waals surface area contributed by atoms with Crippen molar-refractivity contribution in [2.45, 2.75) is 25.9 Å². The van der Waals surface area contributed by atoms with Crippen LogP contribution in [-0.2, 0) is 9.59 Å². The number of carbonyl (C=O) groups excluding carboxylic acids is 2. The van der Waals surface area contributed by atoms with Gasteiger partial charge in [0.15, 0.2) is 6.10 Å². The molecule has 2 aliphatic rings. The Kier molecular flexibility index (Phi) is 6.90. The third-order valence-electron chi connectivity index (χ3n) is 5.86. The molecule has 1 atom stereocenters. The van der Waals surface area contributed by atoms with Gasteiger partial charge in [-0.05, 0) is 49.7 Å². The summed E-state index contributed by atoms with van der Waals surface area (Å²) in [6, 6.07) is 12.4. The Bertz CT molecular complexity index is 975. The molecule has 1 saturated heterocycles. The highest BCUT2D eigenvalue weighted by molar-refractivity contribution is 6.00. The molecule has 0 aromatic heterocycles. The number of aryl methyl sites for hydroxylation is 1. The molecule has 0 radical (unpaired) electrons. The first-order chi connectivity index (χ1) is 15.5. The largest absolute Gasteiger partial charge is 0.478 e. The van der Waals surface area contributed by atoms with Crippen LogP contribution in [0.3, 0.4) is 0 Å². The summed E-state index contributed by atoms with van der Waals surface area (Å²) in [4.78, 5) is 28.9. The van der Waals surface area contributed by atoms with Crippen molar-refractivity contribution in [2.24, 2.45) is 0 Å². The average Bonchev–Trinajstić information content (AvgIpc) is 2.78. The topological polar surface area (TPSA) is 73.9 Å². The minimum atomic E-state index is -0.823. The maximum absolute atomic E-state index is 13.9. The number of halogens is 1. The zero-order chi connectivity index (χ0) is 22.5. The maximum atomic E-state index is 13.9. The van der Waals surface area contributed by atoms with Gasteiger partial charge in [-0.15, -0.1) is 0 Å². The standard InChI is InChI=1S/C24H29FN4O3/c1-17-7-8-21-19(15-17)27-24(31)22(32-21)16-23(30)26-9-4-10-28-11-13-29(14-12-28)20-6-3-2-5-18(20)25/h2-3,5-8,15,22H,4,9-14,16H2,1H3,(H,26,30)(H,27,31). The van der Waals surface area contributed by atoms with Crippen molar-refractivity contribution in [1.82, 2.24) is 10.2 Å². The van der Waals surface area contributed by atoms with Crippen molar-refractivity contribution in [3.05, 3.63) is 53.8 Å². The third-order valence-corrected chi connectivity index (χ3v) is 5.86. The maximum Gasteiger partial charge on any atom is 0.266 e. The predicted molar refractivity (Wildman–Crippen MR) is 122 cm³/mol. The molecule has 2 aliphatic heterocycles. The van der Waals surface area contributed by atoms with Crippen LogP contribution in [-0.4, -0.2) is 62.1 Å². The summed E-state index contributed by atoms with van der Waals surface area (Å²) in [6.07, 6.45) is -0.0252. The summed E-state index contributed by atoms with van der Waals surface area (Å²) in [5.74, 6) is -0.100. The number of para-hydroxylation sites is 1. The van der Waals surface area contributed by atoms with E-state index in [2.05, 4.69) is 20.4 Å². The van der Waals surface area contributed by atoms with Crippen LogP contribution in [0.2, 0.25) is 0 Å². The Morgan fingerprint density at radius 3 is 2.75 bits per heavy atom. The van der Waals surface area contributed by atoms with E-state index in [1.54, 1.807) is 12.1 Å². The molecule has 32 heavy (non-hydrogen) atoms. The number of benzene rings is 2. The molecule has 0 aliphatic carbocycles. The van der Waals surface area contributed by atoms with Crippen LogP contribution >= 0.6 is 0 Å². The van der Waals surface area contributed by atoms with Crippen LogP contribution in [0.1, 0.15) is 18.4 Å².